The molecule has 0 fully saturated rings. The number of aryl methyl sites for hydroxylation is 1. The Morgan fingerprint density at radius 2 is 1.69 bits per heavy atom. The van der Waals surface area contributed by atoms with Crippen LogP contribution in [0.5, 0.6) is 0 Å². The molecule has 1 heterocycles. The quantitative estimate of drug-likeness (QED) is 0.452. The first kappa shape index (κ1) is 28.6. The minimum Gasteiger partial charge on any atom is -0.333 e. The number of anilines is 1. The van der Waals surface area contributed by atoms with E-state index < -0.39 is 0 Å². The van der Waals surface area contributed by atoms with Gasteiger partial charge >= 0.3 is 0 Å². The van der Waals surface area contributed by atoms with Crippen molar-refractivity contribution in [2.45, 2.75) is 87.5 Å². The van der Waals surface area contributed by atoms with Gasteiger partial charge in [-0.2, -0.15) is 5.10 Å². The number of amides is 2. The zero-order valence-electron chi connectivity index (χ0n) is 23.5. The molecule has 1 unspecified atom stereocenters. The Labute approximate surface area is 212 Å². The lowest BCUT2D eigenvalue weighted by molar-refractivity contribution is -0.136. The van der Waals surface area contributed by atoms with Crippen LogP contribution < -0.4 is 5.32 Å². The van der Waals surface area contributed by atoms with Gasteiger partial charge in [0, 0.05) is 24.4 Å². The molecule has 0 saturated heterocycles. The number of carbonyl (C=O) groups is 2. The fourth-order valence-corrected chi connectivity index (χ4v) is 4.42. The highest BCUT2D eigenvalue weighted by Gasteiger charge is 2.25. The normalized spacial score (nSPS) is 13.1. The molecule has 6 nitrogen and oxygen atoms in total. The van der Waals surface area contributed by atoms with Gasteiger partial charge in [-0.25, -0.2) is 4.68 Å². The first-order valence-corrected chi connectivity index (χ1v) is 12.8. The second-order valence-electron chi connectivity index (χ2n) is 12.7. The van der Waals surface area contributed by atoms with E-state index in [0.717, 1.165) is 23.4 Å². The maximum atomic E-state index is 13.2. The van der Waals surface area contributed by atoms with Crippen LogP contribution in [0.4, 0.5) is 5.82 Å². The molecule has 35 heavy (non-hydrogen) atoms. The number of hydrogen-bond donors (Lipinski definition) is 1. The molecule has 0 radical (unpaired) electrons. The molecule has 0 bridgehead atoms. The summed E-state index contributed by atoms with van der Waals surface area (Å²) < 4.78 is 1.80. The lowest BCUT2D eigenvalue weighted by Crippen LogP contribution is -2.41. The summed E-state index contributed by atoms with van der Waals surface area (Å²) in [4.78, 5) is 28.1. The van der Waals surface area contributed by atoms with Gasteiger partial charge in [0.15, 0.2) is 0 Å². The predicted molar refractivity (Wildman–Crippen MR) is 145 cm³/mol. The molecule has 194 valence electrons. The number of nitrogens with zero attached hydrogens (tertiary/aromatic N) is 3. The summed E-state index contributed by atoms with van der Waals surface area (Å²) in [6, 6.07) is 9.91. The van der Waals surface area contributed by atoms with E-state index in [1.165, 1.54) is 0 Å². The number of benzene rings is 1. The first-order valence-electron chi connectivity index (χ1n) is 12.8. The Balaban J connectivity index is 2.25. The molecule has 2 amide bonds. The number of para-hydroxylation sites is 1. The predicted octanol–water partition coefficient (Wildman–Crippen LogP) is 6.36. The topological polar surface area (TPSA) is 67.2 Å². The molecular weight excluding hydrogens is 436 g/mol. The molecular formula is C29H46N4O2. The Morgan fingerprint density at radius 3 is 2.23 bits per heavy atom. The molecule has 2 aromatic rings. The number of aromatic nitrogens is 2. The highest BCUT2D eigenvalue weighted by Crippen LogP contribution is 2.28. The van der Waals surface area contributed by atoms with Crippen molar-refractivity contribution in [2.75, 3.05) is 18.4 Å². The summed E-state index contributed by atoms with van der Waals surface area (Å²) in [6.45, 7) is 21.7. The molecule has 1 atom stereocenters. The van der Waals surface area contributed by atoms with Crippen LogP contribution >= 0.6 is 0 Å². The van der Waals surface area contributed by atoms with Crippen LogP contribution in [0.1, 0.15) is 86.4 Å². The lowest BCUT2D eigenvalue weighted by atomic mass is 9.84. The van der Waals surface area contributed by atoms with Crippen molar-refractivity contribution < 1.29 is 9.59 Å². The molecule has 1 N–H and O–H groups in total. The Bertz CT molecular complexity index is 1010. The second kappa shape index (κ2) is 11.4. The van der Waals surface area contributed by atoms with Gasteiger partial charge in [0.1, 0.15) is 5.82 Å². The number of rotatable bonds is 9. The summed E-state index contributed by atoms with van der Waals surface area (Å²) >= 11 is 0. The fraction of sp³-hybridized carbons (Fsp3) is 0.621. The number of nitrogens with one attached hydrogen (secondary N) is 1. The zero-order valence-corrected chi connectivity index (χ0v) is 23.5. The van der Waals surface area contributed by atoms with Crippen molar-refractivity contribution in [3.8, 4) is 5.69 Å². The van der Waals surface area contributed by atoms with Crippen LogP contribution in [0.3, 0.4) is 0 Å². The molecule has 0 aliphatic heterocycles. The third-order valence-corrected chi connectivity index (χ3v) is 5.85. The van der Waals surface area contributed by atoms with Crippen LogP contribution in [0, 0.1) is 24.2 Å². The lowest BCUT2D eigenvalue weighted by Gasteiger charge is -2.28. The first-order chi connectivity index (χ1) is 16.1. The minimum atomic E-state index is -0.210. The third-order valence-electron chi connectivity index (χ3n) is 5.85. The van der Waals surface area contributed by atoms with Gasteiger partial charge in [-0.1, -0.05) is 80.5 Å². The van der Waals surface area contributed by atoms with Gasteiger partial charge in [0.25, 0.3) is 0 Å². The summed E-state index contributed by atoms with van der Waals surface area (Å²) in [5, 5.41) is 7.87. The maximum Gasteiger partial charge on any atom is 0.245 e. The SMILES string of the molecule is Cc1ccccc1-n1nc(C(C)(C)C)cc1NC(=O)CN(CC(C)C)C(=O)CC(C)CC(C)(C)C. The molecule has 1 aromatic heterocycles. The van der Waals surface area contributed by atoms with E-state index in [9.17, 15) is 9.59 Å². The average molecular weight is 483 g/mol. The van der Waals surface area contributed by atoms with Gasteiger partial charge in [-0.05, 0) is 42.2 Å². The molecule has 0 aliphatic carbocycles. The van der Waals surface area contributed by atoms with Crippen molar-refractivity contribution in [1.82, 2.24) is 14.7 Å². The van der Waals surface area contributed by atoms with Crippen molar-refractivity contribution in [3.05, 3.63) is 41.6 Å². The Hall–Kier alpha value is -2.63. The van der Waals surface area contributed by atoms with Gasteiger partial charge in [0.05, 0.1) is 17.9 Å². The smallest absolute Gasteiger partial charge is 0.245 e. The zero-order chi connectivity index (χ0) is 26.6. The van der Waals surface area contributed by atoms with Crippen LogP contribution in [-0.2, 0) is 15.0 Å². The van der Waals surface area contributed by atoms with Gasteiger partial charge in [-0.15, -0.1) is 0 Å². The summed E-state index contributed by atoms with van der Waals surface area (Å²) in [5.74, 6) is 0.977. The summed E-state index contributed by atoms with van der Waals surface area (Å²) in [7, 11) is 0. The molecule has 2 rings (SSSR count). The largest absolute Gasteiger partial charge is 0.333 e. The molecule has 6 heteroatoms. The van der Waals surface area contributed by atoms with E-state index in [1.807, 2.05) is 37.3 Å². The number of carbonyl (C=O) groups excluding carboxylic acids is 2. The highest BCUT2D eigenvalue weighted by molar-refractivity contribution is 5.94. The van der Waals surface area contributed by atoms with E-state index in [4.69, 9.17) is 5.10 Å². The maximum absolute atomic E-state index is 13.2. The molecule has 0 spiro atoms. The van der Waals surface area contributed by atoms with E-state index in [-0.39, 0.29) is 41.0 Å². The Morgan fingerprint density at radius 1 is 1.06 bits per heavy atom. The van der Waals surface area contributed by atoms with Crippen molar-refractivity contribution in [1.29, 1.82) is 0 Å². The average Bonchev–Trinajstić information content (AvgIpc) is 3.09. The molecule has 0 aliphatic rings. The third kappa shape index (κ3) is 8.83. The van der Waals surface area contributed by atoms with Crippen LogP contribution in [0.2, 0.25) is 0 Å². The Kier molecular flexibility index (Phi) is 9.32. The van der Waals surface area contributed by atoms with Crippen LogP contribution in [0.15, 0.2) is 30.3 Å². The van der Waals surface area contributed by atoms with Gasteiger partial charge in [0.2, 0.25) is 11.8 Å². The van der Waals surface area contributed by atoms with E-state index in [1.54, 1.807) is 9.58 Å². The van der Waals surface area contributed by atoms with Crippen LogP contribution in [0.25, 0.3) is 5.69 Å². The van der Waals surface area contributed by atoms with E-state index in [2.05, 4.69) is 67.6 Å². The number of hydrogen-bond acceptors (Lipinski definition) is 3. The van der Waals surface area contributed by atoms with Gasteiger partial charge in [-0.3, -0.25) is 9.59 Å². The minimum absolute atomic E-state index is 0.0308. The van der Waals surface area contributed by atoms with E-state index >= 15 is 0 Å². The van der Waals surface area contributed by atoms with E-state index in [0.29, 0.717) is 18.8 Å². The molecule has 0 saturated carbocycles. The van der Waals surface area contributed by atoms with Gasteiger partial charge < -0.3 is 10.2 Å². The van der Waals surface area contributed by atoms with Crippen molar-refractivity contribution in [3.63, 3.8) is 0 Å². The second-order valence-corrected chi connectivity index (χ2v) is 12.7. The molecule has 1 aromatic carbocycles. The monoisotopic (exact) mass is 482 g/mol. The standard InChI is InChI=1S/C29H46N4O2/c1-20(2)18-32(27(35)15-21(3)17-28(5,6)7)19-26(34)30-25-16-24(29(8,9)10)31-33(25)23-14-12-11-13-22(23)4/h11-14,16,20-21H,15,17-19H2,1-10H3,(H,30,34). The summed E-state index contributed by atoms with van der Waals surface area (Å²) in [5.41, 5.74) is 2.87. The fourth-order valence-electron chi connectivity index (χ4n) is 4.42. The van der Waals surface area contributed by atoms with Crippen molar-refractivity contribution >= 4 is 17.6 Å². The highest BCUT2D eigenvalue weighted by atomic mass is 16.2. The van der Waals surface area contributed by atoms with Crippen LogP contribution in [-0.4, -0.2) is 39.6 Å². The van der Waals surface area contributed by atoms with Crippen molar-refractivity contribution in [2.24, 2.45) is 17.3 Å². The summed E-state index contributed by atoms with van der Waals surface area (Å²) in [6.07, 6.45) is 1.41.